The van der Waals surface area contributed by atoms with Crippen LogP contribution in [0.4, 0.5) is 0 Å². The van der Waals surface area contributed by atoms with Crippen LogP contribution in [0.2, 0.25) is 0 Å². The molecule has 0 aromatic heterocycles. The number of hydrogen-bond acceptors (Lipinski definition) is 1. The Kier molecular flexibility index (Phi) is 8.70. The lowest BCUT2D eigenvalue weighted by Gasteiger charge is -2.08. The molecule has 0 aromatic rings. The monoisotopic (exact) mass is 200 g/mol. The summed E-state index contributed by atoms with van der Waals surface area (Å²) in [5.41, 5.74) is 0. The van der Waals surface area contributed by atoms with Gasteiger partial charge in [0.1, 0.15) is 0 Å². The zero-order valence-electron chi connectivity index (χ0n) is 9.59. The average Bonchev–Trinajstić information content (AvgIpc) is 2.16. The third-order valence-corrected chi connectivity index (χ3v) is 2.75. The van der Waals surface area contributed by atoms with E-state index in [0.29, 0.717) is 0 Å². The second kappa shape index (κ2) is 9.04. The van der Waals surface area contributed by atoms with Crippen LogP contribution in [0, 0.1) is 5.92 Å². The van der Waals surface area contributed by atoms with Crippen molar-refractivity contribution in [3.63, 3.8) is 0 Å². The molecule has 1 atom stereocenters. The van der Waals surface area contributed by atoms with Gasteiger partial charge in [0.2, 0.25) is 0 Å². The van der Waals surface area contributed by atoms with Crippen molar-refractivity contribution < 1.29 is 9.90 Å². The van der Waals surface area contributed by atoms with Crippen molar-refractivity contribution in [2.75, 3.05) is 0 Å². The highest BCUT2D eigenvalue weighted by Crippen LogP contribution is 2.15. The van der Waals surface area contributed by atoms with Crippen LogP contribution in [0.3, 0.4) is 0 Å². The van der Waals surface area contributed by atoms with Crippen molar-refractivity contribution in [1.82, 2.24) is 0 Å². The molecule has 0 aliphatic rings. The predicted molar refractivity (Wildman–Crippen MR) is 59.4 cm³/mol. The maximum atomic E-state index is 10.7. The van der Waals surface area contributed by atoms with Crippen molar-refractivity contribution >= 4 is 5.97 Å². The molecule has 84 valence electrons. The molecule has 0 saturated heterocycles. The first-order valence-corrected chi connectivity index (χ1v) is 5.95. The van der Waals surface area contributed by atoms with Gasteiger partial charge in [0.15, 0.2) is 0 Å². The summed E-state index contributed by atoms with van der Waals surface area (Å²) in [5.74, 6) is -0.734. The second-order valence-corrected chi connectivity index (χ2v) is 4.00. The SMILES string of the molecule is CCCCCCCCC(CC)C(=O)O. The zero-order valence-corrected chi connectivity index (χ0v) is 9.59. The number of aliphatic carboxylic acids is 1. The van der Waals surface area contributed by atoms with Gasteiger partial charge in [-0.2, -0.15) is 0 Å². The third-order valence-electron chi connectivity index (χ3n) is 2.75. The number of carboxylic acids is 1. The molecule has 0 aliphatic heterocycles. The highest BCUT2D eigenvalue weighted by Gasteiger charge is 2.13. The Morgan fingerprint density at radius 1 is 1.07 bits per heavy atom. The third kappa shape index (κ3) is 6.93. The maximum Gasteiger partial charge on any atom is 0.306 e. The summed E-state index contributed by atoms with van der Waals surface area (Å²) in [6, 6.07) is 0. The summed E-state index contributed by atoms with van der Waals surface area (Å²) in [7, 11) is 0. The van der Waals surface area contributed by atoms with Gasteiger partial charge in [0.05, 0.1) is 5.92 Å². The molecule has 0 fully saturated rings. The minimum absolute atomic E-state index is 0.110. The minimum atomic E-state index is -0.624. The van der Waals surface area contributed by atoms with E-state index >= 15 is 0 Å². The van der Waals surface area contributed by atoms with Crippen molar-refractivity contribution in [2.24, 2.45) is 5.92 Å². The number of rotatable bonds is 9. The molecule has 0 bridgehead atoms. The van der Waals surface area contributed by atoms with Gasteiger partial charge in [-0.1, -0.05) is 52.4 Å². The average molecular weight is 200 g/mol. The fraction of sp³-hybridized carbons (Fsp3) is 0.917. The molecule has 1 N–H and O–H groups in total. The van der Waals surface area contributed by atoms with Crippen molar-refractivity contribution in [1.29, 1.82) is 0 Å². The van der Waals surface area contributed by atoms with Crippen LogP contribution in [-0.4, -0.2) is 11.1 Å². The van der Waals surface area contributed by atoms with Crippen molar-refractivity contribution in [2.45, 2.75) is 65.2 Å². The number of unbranched alkanes of at least 4 members (excludes halogenated alkanes) is 5. The fourth-order valence-electron chi connectivity index (χ4n) is 1.67. The lowest BCUT2D eigenvalue weighted by atomic mass is 9.98. The van der Waals surface area contributed by atoms with Gasteiger partial charge in [-0.05, 0) is 12.8 Å². The van der Waals surface area contributed by atoms with E-state index in [2.05, 4.69) is 6.92 Å². The van der Waals surface area contributed by atoms with E-state index in [1.54, 1.807) is 0 Å². The summed E-state index contributed by atoms with van der Waals surface area (Å²) in [4.78, 5) is 10.7. The Hall–Kier alpha value is -0.530. The van der Waals surface area contributed by atoms with E-state index in [4.69, 9.17) is 5.11 Å². The largest absolute Gasteiger partial charge is 0.481 e. The van der Waals surface area contributed by atoms with Crippen LogP contribution >= 0.6 is 0 Å². The standard InChI is InChI=1S/C12H24O2/c1-3-5-6-7-8-9-10-11(4-2)12(13)14/h11H,3-10H2,1-2H3,(H,13,14). The minimum Gasteiger partial charge on any atom is -0.481 e. The van der Waals surface area contributed by atoms with Gasteiger partial charge < -0.3 is 5.11 Å². The van der Waals surface area contributed by atoms with Gasteiger partial charge in [-0.3, -0.25) is 4.79 Å². The van der Waals surface area contributed by atoms with E-state index in [1.807, 2.05) is 6.92 Å². The van der Waals surface area contributed by atoms with E-state index in [9.17, 15) is 4.79 Å². The first-order chi connectivity index (χ1) is 6.72. The Labute approximate surface area is 87.7 Å². The summed E-state index contributed by atoms with van der Waals surface area (Å²) in [5, 5.41) is 8.81. The molecule has 0 rings (SSSR count). The normalized spacial score (nSPS) is 12.7. The molecule has 0 saturated carbocycles. The molecule has 1 unspecified atom stereocenters. The Bertz CT molecular complexity index is 143. The lowest BCUT2D eigenvalue weighted by Crippen LogP contribution is -2.12. The number of carboxylic acid groups (broad SMARTS) is 1. The van der Waals surface area contributed by atoms with Gasteiger partial charge in [0, 0.05) is 0 Å². The molecule has 0 aliphatic carbocycles. The summed E-state index contributed by atoms with van der Waals surface area (Å²) in [6.07, 6.45) is 9.06. The van der Waals surface area contributed by atoms with E-state index in [-0.39, 0.29) is 5.92 Å². The molecule has 0 heterocycles. The van der Waals surface area contributed by atoms with Crippen LogP contribution in [0.25, 0.3) is 0 Å². The van der Waals surface area contributed by atoms with Crippen molar-refractivity contribution in [3.8, 4) is 0 Å². The van der Waals surface area contributed by atoms with Crippen LogP contribution in [-0.2, 0) is 4.79 Å². The maximum absolute atomic E-state index is 10.7. The van der Waals surface area contributed by atoms with Gasteiger partial charge in [-0.25, -0.2) is 0 Å². The van der Waals surface area contributed by atoms with Crippen LogP contribution in [0.5, 0.6) is 0 Å². The first-order valence-electron chi connectivity index (χ1n) is 5.95. The van der Waals surface area contributed by atoms with Crippen molar-refractivity contribution in [3.05, 3.63) is 0 Å². The first kappa shape index (κ1) is 13.5. The zero-order chi connectivity index (χ0) is 10.8. The quantitative estimate of drug-likeness (QED) is 0.574. The number of carbonyl (C=O) groups is 1. The smallest absolute Gasteiger partial charge is 0.306 e. The summed E-state index contributed by atoms with van der Waals surface area (Å²) < 4.78 is 0. The number of hydrogen-bond donors (Lipinski definition) is 1. The fourth-order valence-corrected chi connectivity index (χ4v) is 1.67. The highest BCUT2D eigenvalue weighted by molar-refractivity contribution is 5.69. The Balaban J connectivity index is 3.29. The molecule has 0 radical (unpaired) electrons. The molecule has 2 nitrogen and oxygen atoms in total. The van der Waals surface area contributed by atoms with E-state index in [0.717, 1.165) is 19.3 Å². The van der Waals surface area contributed by atoms with Crippen LogP contribution in [0.15, 0.2) is 0 Å². The van der Waals surface area contributed by atoms with Gasteiger partial charge in [-0.15, -0.1) is 0 Å². The predicted octanol–water partition coefficient (Wildman–Crippen LogP) is 3.85. The van der Waals surface area contributed by atoms with E-state index in [1.165, 1.54) is 32.1 Å². The molecular weight excluding hydrogens is 176 g/mol. The summed E-state index contributed by atoms with van der Waals surface area (Å²) in [6.45, 7) is 4.16. The highest BCUT2D eigenvalue weighted by atomic mass is 16.4. The second-order valence-electron chi connectivity index (χ2n) is 4.00. The molecule has 14 heavy (non-hydrogen) atoms. The Morgan fingerprint density at radius 2 is 1.64 bits per heavy atom. The van der Waals surface area contributed by atoms with Gasteiger partial charge in [0.25, 0.3) is 0 Å². The van der Waals surface area contributed by atoms with E-state index < -0.39 is 5.97 Å². The molecule has 2 heteroatoms. The molecule has 0 spiro atoms. The lowest BCUT2D eigenvalue weighted by molar-refractivity contribution is -0.142. The molecule has 0 aromatic carbocycles. The van der Waals surface area contributed by atoms with Crippen LogP contribution in [0.1, 0.15) is 65.2 Å². The summed E-state index contributed by atoms with van der Waals surface area (Å²) >= 11 is 0. The van der Waals surface area contributed by atoms with Gasteiger partial charge >= 0.3 is 5.97 Å². The van der Waals surface area contributed by atoms with Crippen LogP contribution < -0.4 is 0 Å². The Morgan fingerprint density at radius 3 is 2.14 bits per heavy atom. The molecule has 0 amide bonds. The topological polar surface area (TPSA) is 37.3 Å². The molecular formula is C12H24O2.